The first kappa shape index (κ1) is 18.9. The fourth-order valence-corrected chi connectivity index (χ4v) is 4.15. The molecule has 0 unspecified atom stereocenters. The Balaban J connectivity index is 1.49. The SMILES string of the molecule is N=C1NC(c2ccccc2)(c2ccccc2)C(=O)N1Cc1ccc(-n2cccc2)cc1. The number of hydrogen-bond donors (Lipinski definition) is 2. The van der Waals surface area contributed by atoms with Gasteiger partial charge >= 0.3 is 0 Å². The van der Waals surface area contributed by atoms with Crippen LogP contribution in [0, 0.1) is 5.41 Å². The number of carbonyl (C=O) groups is 1. The number of guanidine groups is 1. The summed E-state index contributed by atoms with van der Waals surface area (Å²) in [6.07, 6.45) is 3.99. The van der Waals surface area contributed by atoms with Crippen molar-refractivity contribution in [1.29, 1.82) is 5.41 Å². The second-order valence-corrected chi connectivity index (χ2v) is 7.60. The van der Waals surface area contributed by atoms with Crippen molar-refractivity contribution in [3.05, 3.63) is 126 Å². The van der Waals surface area contributed by atoms with Crippen molar-refractivity contribution in [2.24, 2.45) is 0 Å². The van der Waals surface area contributed by atoms with Crippen LogP contribution in [0.5, 0.6) is 0 Å². The summed E-state index contributed by atoms with van der Waals surface area (Å²) in [6.45, 7) is 0.331. The molecule has 5 nitrogen and oxygen atoms in total. The average molecular weight is 406 g/mol. The highest BCUT2D eigenvalue weighted by Crippen LogP contribution is 2.36. The fourth-order valence-electron chi connectivity index (χ4n) is 4.15. The van der Waals surface area contributed by atoms with Crippen molar-refractivity contribution in [2.75, 3.05) is 0 Å². The molecule has 0 bridgehead atoms. The number of hydrogen-bond acceptors (Lipinski definition) is 2. The zero-order valence-corrected chi connectivity index (χ0v) is 16.9. The molecule has 0 spiro atoms. The van der Waals surface area contributed by atoms with Crippen molar-refractivity contribution >= 4 is 11.9 Å². The van der Waals surface area contributed by atoms with Crippen LogP contribution in [0.25, 0.3) is 5.69 Å². The van der Waals surface area contributed by atoms with Crippen LogP contribution >= 0.6 is 0 Å². The fraction of sp³-hybridized carbons (Fsp3) is 0.0769. The quantitative estimate of drug-likeness (QED) is 0.519. The Bertz CT molecular complexity index is 1160. The minimum atomic E-state index is -1.11. The van der Waals surface area contributed by atoms with E-state index < -0.39 is 5.54 Å². The Labute approximate surface area is 181 Å². The van der Waals surface area contributed by atoms with Gasteiger partial charge in [0.2, 0.25) is 0 Å². The molecule has 1 aliphatic heterocycles. The van der Waals surface area contributed by atoms with Crippen LogP contribution in [0.15, 0.2) is 109 Å². The molecule has 0 atom stereocenters. The van der Waals surface area contributed by atoms with Gasteiger partial charge < -0.3 is 9.88 Å². The van der Waals surface area contributed by atoms with Gasteiger partial charge in [0, 0.05) is 18.1 Å². The third-order valence-corrected chi connectivity index (χ3v) is 5.73. The normalized spacial score (nSPS) is 15.2. The molecular formula is C26H22N4O. The lowest BCUT2D eigenvalue weighted by atomic mass is 9.82. The maximum Gasteiger partial charge on any atom is 0.264 e. The van der Waals surface area contributed by atoms with Gasteiger partial charge in [0.25, 0.3) is 5.91 Å². The zero-order valence-electron chi connectivity index (χ0n) is 16.9. The van der Waals surface area contributed by atoms with E-state index in [1.54, 1.807) is 0 Å². The smallest absolute Gasteiger partial charge is 0.264 e. The van der Waals surface area contributed by atoms with Gasteiger partial charge in [-0.05, 0) is 41.0 Å². The number of benzene rings is 3. The molecule has 4 aromatic rings. The molecule has 3 aromatic carbocycles. The van der Waals surface area contributed by atoms with E-state index in [2.05, 4.69) is 5.32 Å². The Morgan fingerprint density at radius 3 is 1.84 bits per heavy atom. The number of carbonyl (C=O) groups excluding carboxylic acids is 1. The number of nitrogens with one attached hydrogen (secondary N) is 2. The molecule has 5 rings (SSSR count). The van der Waals surface area contributed by atoms with Crippen molar-refractivity contribution in [1.82, 2.24) is 14.8 Å². The van der Waals surface area contributed by atoms with E-state index in [-0.39, 0.29) is 11.9 Å². The van der Waals surface area contributed by atoms with E-state index in [0.717, 1.165) is 22.4 Å². The van der Waals surface area contributed by atoms with Gasteiger partial charge in [0.1, 0.15) is 0 Å². The maximum atomic E-state index is 13.8. The molecule has 0 aliphatic carbocycles. The number of aromatic nitrogens is 1. The largest absolute Gasteiger partial charge is 0.334 e. The summed E-state index contributed by atoms with van der Waals surface area (Å²) in [5, 5.41) is 11.8. The van der Waals surface area contributed by atoms with E-state index in [1.807, 2.05) is 114 Å². The van der Waals surface area contributed by atoms with Crippen LogP contribution in [0.4, 0.5) is 0 Å². The molecule has 1 amide bonds. The van der Waals surface area contributed by atoms with Crippen LogP contribution < -0.4 is 5.32 Å². The molecular weight excluding hydrogens is 384 g/mol. The zero-order chi connectivity index (χ0) is 21.3. The highest BCUT2D eigenvalue weighted by Gasteiger charge is 2.52. The van der Waals surface area contributed by atoms with Crippen LogP contribution in [0.1, 0.15) is 16.7 Å². The maximum absolute atomic E-state index is 13.8. The Hall–Kier alpha value is -4.12. The number of nitrogens with zero attached hydrogens (tertiary/aromatic N) is 2. The summed E-state index contributed by atoms with van der Waals surface area (Å²) in [7, 11) is 0. The van der Waals surface area contributed by atoms with Crippen LogP contribution in [-0.2, 0) is 16.9 Å². The average Bonchev–Trinajstić information content (AvgIpc) is 3.44. The van der Waals surface area contributed by atoms with Gasteiger partial charge in [-0.2, -0.15) is 0 Å². The lowest BCUT2D eigenvalue weighted by Gasteiger charge is -2.28. The summed E-state index contributed by atoms with van der Waals surface area (Å²) < 4.78 is 2.03. The molecule has 1 saturated heterocycles. The topological polar surface area (TPSA) is 61.1 Å². The molecule has 31 heavy (non-hydrogen) atoms. The van der Waals surface area contributed by atoms with Crippen molar-refractivity contribution in [2.45, 2.75) is 12.1 Å². The molecule has 0 saturated carbocycles. The standard InChI is InChI=1S/C26H22N4O/c27-25-28-26(21-9-3-1-4-10-21,22-11-5-2-6-12-22)24(31)30(25)19-20-13-15-23(16-14-20)29-17-7-8-18-29/h1-18H,19H2,(H2,27,28). The van der Waals surface area contributed by atoms with E-state index in [9.17, 15) is 4.79 Å². The van der Waals surface area contributed by atoms with Crippen molar-refractivity contribution in [3.63, 3.8) is 0 Å². The van der Waals surface area contributed by atoms with Gasteiger partial charge in [-0.25, -0.2) is 0 Å². The van der Waals surface area contributed by atoms with Crippen molar-refractivity contribution < 1.29 is 4.79 Å². The van der Waals surface area contributed by atoms with Gasteiger partial charge in [-0.1, -0.05) is 72.8 Å². The number of rotatable bonds is 5. The molecule has 1 fully saturated rings. The molecule has 152 valence electrons. The molecule has 1 aromatic heterocycles. The Morgan fingerprint density at radius 2 is 1.29 bits per heavy atom. The highest BCUT2D eigenvalue weighted by molar-refractivity contribution is 6.10. The molecule has 0 radical (unpaired) electrons. The summed E-state index contributed by atoms with van der Waals surface area (Å²) in [5.74, 6) is -0.0448. The van der Waals surface area contributed by atoms with Crippen LogP contribution in [0.3, 0.4) is 0 Å². The minimum Gasteiger partial charge on any atom is -0.334 e. The molecule has 2 heterocycles. The van der Waals surface area contributed by atoms with Gasteiger partial charge in [0.05, 0.1) is 6.54 Å². The lowest BCUT2D eigenvalue weighted by Crippen LogP contribution is -2.45. The van der Waals surface area contributed by atoms with E-state index >= 15 is 0 Å². The first-order chi connectivity index (χ1) is 15.2. The predicted molar refractivity (Wildman–Crippen MR) is 121 cm³/mol. The third-order valence-electron chi connectivity index (χ3n) is 5.73. The van der Waals surface area contributed by atoms with Gasteiger partial charge in [-0.3, -0.25) is 15.1 Å². The van der Waals surface area contributed by atoms with Crippen molar-refractivity contribution in [3.8, 4) is 5.69 Å². The highest BCUT2D eigenvalue weighted by atomic mass is 16.2. The Morgan fingerprint density at radius 1 is 0.742 bits per heavy atom. The predicted octanol–water partition coefficient (Wildman–Crippen LogP) is 4.29. The summed E-state index contributed by atoms with van der Waals surface area (Å²) in [4.78, 5) is 15.3. The van der Waals surface area contributed by atoms with Gasteiger partial charge in [-0.15, -0.1) is 0 Å². The molecule has 5 heteroatoms. The monoisotopic (exact) mass is 406 g/mol. The summed E-state index contributed by atoms with van der Waals surface area (Å²) >= 11 is 0. The first-order valence-corrected chi connectivity index (χ1v) is 10.2. The minimum absolute atomic E-state index is 0.104. The van der Waals surface area contributed by atoms with Crippen LogP contribution in [0.2, 0.25) is 0 Å². The van der Waals surface area contributed by atoms with Crippen LogP contribution in [-0.4, -0.2) is 21.3 Å². The summed E-state index contributed by atoms with van der Waals surface area (Å²) in [6, 6.07) is 31.3. The number of amides is 1. The first-order valence-electron chi connectivity index (χ1n) is 10.2. The van der Waals surface area contributed by atoms with E-state index in [1.165, 1.54) is 4.90 Å². The second kappa shape index (κ2) is 7.61. The van der Waals surface area contributed by atoms with E-state index in [4.69, 9.17) is 5.41 Å². The van der Waals surface area contributed by atoms with Gasteiger partial charge in [0.15, 0.2) is 11.5 Å². The second-order valence-electron chi connectivity index (χ2n) is 7.60. The molecule has 1 aliphatic rings. The molecule has 2 N–H and O–H groups in total. The van der Waals surface area contributed by atoms with E-state index in [0.29, 0.717) is 6.54 Å². The Kier molecular flexibility index (Phi) is 4.64. The summed E-state index contributed by atoms with van der Waals surface area (Å²) in [5.41, 5.74) is 2.55. The lowest BCUT2D eigenvalue weighted by molar-refractivity contribution is -0.130. The third kappa shape index (κ3) is 3.20.